The lowest BCUT2D eigenvalue weighted by Gasteiger charge is -2.30. The Kier molecular flexibility index (Phi) is 5.38. The fourth-order valence-electron chi connectivity index (χ4n) is 3.81. The molecule has 2 heterocycles. The third kappa shape index (κ3) is 4.33. The smallest absolute Gasteiger partial charge is 0.212 e. The van der Waals surface area contributed by atoms with Gasteiger partial charge >= 0.3 is 0 Å². The lowest BCUT2D eigenvalue weighted by atomic mass is 9.92. The average molecular weight is 341 g/mol. The molecule has 1 aromatic rings. The Balaban J connectivity index is 1.76. The Labute approximate surface area is 138 Å². The summed E-state index contributed by atoms with van der Waals surface area (Å²) in [5.74, 6) is 1.59. The van der Waals surface area contributed by atoms with E-state index in [-0.39, 0.29) is 17.7 Å². The minimum Gasteiger partial charge on any atom is -0.381 e. The normalized spacial score (nSPS) is 22.5. The van der Waals surface area contributed by atoms with Crippen LogP contribution in [0.4, 0.5) is 0 Å². The lowest BCUT2D eigenvalue weighted by molar-refractivity contribution is 0.0551. The van der Waals surface area contributed by atoms with Gasteiger partial charge in [-0.3, -0.25) is 0 Å². The number of aryl methyl sites for hydroxylation is 1. The molecule has 0 bridgehead atoms. The molecule has 1 atom stereocenters. The van der Waals surface area contributed by atoms with Crippen LogP contribution in [-0.4, -0.2) is 36.9 Å². The van der Waals surface area contributed by atoms with Gasteiger partial charge in [-0.05, 0) is 37.5 Å². The number of rotatable bonds is 6. The van der Waals surface area contributed by atoms with Gasteiger partial charge in [-0.1, -0.05) is 12.8 Å². The zero-order valence-electron chi connectivity index (χ0n) is 13.8. The van der Waals surface area contributed by atoms with Crippen molar-refractivity contribution < 1.29 is 13.2 Å². The summed E-state index contributed by atoms with van der Waals surface area (Å²) in [6.07, 6.45) is 9.70. The van der Waals surface area contributed by atoms with Crippen LogP contribution in [0, 0.1) is 11.8 Å². The minimum absolute atomic E-state index is 0.239. The maximum absolute atomic E-state index is 12.7. The molecule has 6 nitrogen and oxygen atoms in total. The summed E-state index contributed by atoms with van der Waals surface area (Å²) in [5.41, 5.74) is 0. The van der Waals surface area contributed by atoms with E-state index in [0.29, 0.717) is 19.1 Å². The maximum atomic E-state index is 12.7. The molecule has 7 heteroatoms. The zero-order valence-corrected chi connectivity index (χ0v) is 14.6. The molecule has 1 N–H and O–H groups in total. The van der Waals surface area contributed by atoms with Gasteiger partial charge in [0.15, 0.2) is 0 Å². The topological polar surface area (TPSA) is 73.2 Å². The van der Waals surface area contributed by atoms with Crippen LogP contribution in [0.5, 0.6) is 0 Å². The summed E-state index contributed by atoms with van der Waals surface area (Å²) in [7, 11) is -1.38. The highest BCUT2D eigenvalue weighted by atomic mass is 32.2. The molecular formula is C16H27N3O3S. The van der Waals surface area contributed by atoms with Gasteiger partial charge in [0.25, 0.3) is 0 Å². The van der Waals surface area contributed by atoms with E-state index in [1.165, 1.54) is 0 Å². The van der Waals surface area contributed by atoms with Gasteiger partial charge in [0.1, 0.15) is 5.82 Å². The second-order valence-corrected chi connectivity index (χ2v) is 8.67. The fourth-order valence-corrected chi connectivity index (χ4v) is 5.55. The van der Waals surface area contributed by atoms with Gasteiger partial charge < -0.3 is 9.30 Å². The van der Waals surface area contributed by atoms with Gasteiger partial charge in [-0.15, -0.1) is 0 Å². The highest BCUT2D eigenvalue weighted by molar-refractivity contribution is 7.89. The first kappa shape index (κ1) is 16.9. The molecule has 2 fully saturated rings. The van der Waals surface area contributed by atoms with E-state index in [4.69, 9.17) is 4.74 Å². The summed E-state index contributed by atoms with van der Waals surface area (Å²) in [6.45, 7) is 1.38. The predicted molar refractivity (Wildman–Crippen MR) is 88.4 cm³/mol. The Morgan fingerprint density at radius 1 is 1.30 bits per heavy atom. The third-order valence-corrected chi connectivity index (χ3v) is 6.63. The highest BCUT2D eigenvalue weighted by Crippen LogP contribution is 2.31. The molecule has 2 aliphatic rings. The van der Waals surface area contributed by atoms with Crippen molar-refractivity contribution in [1.29, 1.82) is 0 Å². The first-order valence-electron chi connectivity index (χ1n) is 8.60. The molecule has 0 spiro atoms. The fraction of sp³-hybridized carbons (Fsp3) is 0.812. The van der Waals surface area contributed by atoms with E-state index in [1.54, 1.807) is 6.20 Å². The van der Waals surface area contributed by atoms with Crippen molar-refractivity contribution in [3.8, 4) is 0 Å². The summed E-state index contributed by atoms with van der Waals surface area (Å²) >= 11 is 0. The summed E-state index contributed by atoms with van der Waals surface area (Å²) in [5, 5.41) is 0. The van der Waals surface area contributed by atoms with E-state index >= 15 is 0 Å². The van der Waals surface area contributed by atoms with Crippen molar-refractivity contribution in [3.63, 3.8) is 0 Å². The van der Waals surface area contributed by atoms with Crippen LogP contribution in [0.15, 0.2) is 12.4 Å². The molecule has 1 saturated heterocycles. The number of nitrogens with zero attached hydrogens (tertiary/aromatic N) is 2. The molecule has 1 aromatic heterocycles. The van der Waals surface area contributed by atoms with Crippen molar-refractivity contribution in [2.45, 2.75) is 44.6 Å². The van der Waals surface area contributed by atoms with Crippen LogP contribution < -0.4 is 4.72 Å². The molecule has 130 valence electrons. The summed E-state index contributed by atoms with van der Waals surface area (Å²) in [4.78, 5) is 4.40. The van der Waals surface area contributed by atoms with Crippen LogP contribution in [0.2, 0.25) is 0 Å². The Bertz CT molecular complexity index is 602. The van der Waals surface area contributed by atoms with Gasteiger partial charge in [0.05, 0.1) is 11.8 Å². The standard InChI is InChI=1S/C16H27N3O3S/c1-19-9-8-17-16(19)15(14-6-10-22-11-7-14)18-23(20,21)12-13-4-2-3-5-13/h8-9,13-15,18H,2-7,10-12H2,1H3/t15-/m1/s1. The van der Waals surface area contributed by atoms with Gasteiger partial charge in [-0.2, -0.15) is 0 Å². The van der Waals surface area contributed by atoms with Crippen molar-refractivity contribution in [1.82, 2.24) is 14.3 Å². The maximum Gasteiger partial charge on any atom is 0.212 e. The number of sulfonamides is 1. The first-order valence-corrected chi connectivity index (χ1v) is 10.3. The van der Waals surface area contributed by atoms with Gasteiger partial charge in [0.2, 0.25) is 10.0 Å². The van der Waals surface area contributed by atoms with E-state index < -0.39 is 10.0 Å². The summed E-state index contributed by atoms with van der Waals surface area (Å²) in [6, 6.07) is -0.259. The molecule has 0 amide bonds. The Morgan fingerprint density at radius 2 is 2.00 bits per heavy atom. The second-order valence-electron chi connectivity index (χ2n) is 6.87. The molecule has 1 saturated carbocycles. The Morgan fingerprint density at radius 3 is 2.61 bits per heavy atom. The molecule has 3 rings (SSSR count). The van der Waals surface area contributed by atoms with Crippen molar-refractivity contribution in [2.24, 2.45) is 18.9 Å². The first-order chi connectivity index (χ1) is 11.1. The van der Waals surface area contributed by atoms with E-state index in [9.17, 15) is 8.42 Å². The van der Waals surface area contributed by atoms with Gasteiger partial charge in [0, 0.05) is 32.7 Å². The number of imidazole rings is 1. The van der Waals surface area contributed by atoms with Crippen LogP contribution in [0.3, 0.4) is 0 Å². The third-order valence-electron chi connectivity index (χ3n) is 5.11. The molecule has 23 heavy (non-hydrogen) atoms. The van der Waals surface area contributed by atoms with Crippen LogP contribution >= 0.6 is 0 Å². The molecule has 0 aromatic carbocycles. The number of aromatic nitrogens is 2. The van der Waals surface area contributed by atoms with Crippen molar-refractivity contribution in [3.05, 3.63) is 18.2 Å². The Hall–Kier alpha value is -0.920. The van der Waals surface area contributed by atoms with Gasteiger partial charge in [-0.25, -0.2) is 18.1 Å². The van der Waals surface area contributed by atoms with E-state index in [1.807, 2.05) is 17.8 Å². The molecule has 1 aliphatic carbocycles. The van der Waals surface area contributed by atoms with Crippen molar-refractivity contribution >= 4 is 10.0 Å². The second kappa shape index (κ2) is 7.32. The highest BCUT2D eigenvalue weighted by Gasteiger charge is 2.33. The largest absolute Gasteiger partial charge is 0.381 e. The van der Waals surface area contributed by atoms with E-state index in [0.717, 1.165) is 44.3 Å². The van der Waals surface area contributed by atoms with E-state index in [2.05, 4.69) is 9.71 Å². The SMILES string of the molecule is Cn1ccnc1[C@H](NS(=O)(=O)CC1CCCC1)C1CCOCC1. The quantitative estimate of drug-likeness (QED) is 0.859. The number of ether oxygens (including phenoxy) is 1. The number of hydrogen-bond acceptors (Lipinski definition) is 4. The predicted octanol–water partition coefficient (Wildman–Crippen LogP) is 2.00. The monoisotopic (exact) mass is 341 g/mol. The average Bonchev–Trinajstić information content (AvgIpc) is 3.17. The zero-order chi connectivity index (χ0) is 16.3. The minimum atomic E-state index is -3.30. The molecular weight excluding hydrogens is 314 g/mol. The van der Waals surface area contributed by atoms with Crippen LogP contribution in [0.25, 0.3) is 0 Å². The lowest BCUT2D eigenvalue weighted by Crippen LogP contribution is -2.39. The molecule has 0 radical (unpaired) electrons. The van der Waals surface area contributed by atoms with Crippen LogP contribution in [0.1, 0.15) is 50.4 Å². The van der Waals surface area contributed by atoms with Crippen LogP contribution in [-0.2, 0) is 21.8 Å². The molecule has 1 aliphatic heterocycles. The van der Waals surface area contributed by atoms with Crippen molar-refractivity contribution in [2.75, 3.05) is 19.0 Å². The summed E-state index contributed by atoms with van der Waals surface area (Å²) < 4.78 is 35.6. The number of hydrogen-bond donors (Lipinski definition) is 1. The number of nitrogens with one attached hydrogen (secondary N) is 1. The molecule has 0 unspecified atom stereocenters.